The molecular weight excluding hydrogens is 282 g/mol. The Morgan fingerprint density at radius 1 is 1.40 bits per heavy atom. The van der Waals surface area contributed by atoms with Gasteiger partial charge in [-0.25, -0.2) is 0 Å². The number of nitrogens with one attached hydrogen (secondary N) is 2. The van der Waals surface area contributed by atoms with Crippen LogP contribution >= 0.6 is 11.8 Å². The molecule has 2 heterocycles. The van der Waals surface area contributed by atoms with Crippen LogP contribution in [0.25, 0.3) is 0 Å². The number of carbonyl (C=O) groups excluding carboxylic acids is 1. The minimum absolute atomic E-state index is 0.0249. The van der Waals surface area contributed by atoms with Crippen LogP contribution in [0, 0.1) is 0 Å². The van der Waals surface area contributed by atoms with E-state index in [2.05, 4.69) is 31.0 Å². The predicted octanol–water partition coefficient (Wildman–Crippen LogP) is -0.431. The van der Waals surface area contributed by atoms with E-state index in [0.717, 1.165) is 11.0 Å². The number of nitrogens with zero attached hydrogens (tertiary/aromatic N) is 5. The van der Waals surface area contributed by atoms with Gasteiger partial charge in [-0.3, -0.25) is 4.79 Å². The minimum atomic E-state index is -0.375. The third-order valence-electron chi connectivity index (χ3n) is 2.48. The van der Waals surface area contributed by atoms with Gasteiger partial charge in [0, 0.05) is 14.1 Å². The predicted molar refractivity (Wildman–Crippen MR) is 71.0 cm³/mol. The van der Waals surface area contributed by atoms with Crippen molar-refractivity contribution in [3.05, 3.63) is 17.5 Å². The van der Waals surface area contributed by atoms with Crippen LogP contribution in [0.2, 0.25) is 0 Å². The van der Waals surface area contributed by atoms with Gasteiger partial charge in [-0.2, -0.15) is 4.98 Å². The molecule has 0 radical (unpaired) electrons. The first-order chi connectivity index (χ1) is 9.65. The fraction of sp³-hybridized carbons (Fsp3) is 0.500. The van der Waals surface area contributed by atoms with Crippen molar-refractivity contribution in [2.75, 3.05) is 14.1 Å². The number of thioether (sulfide) groups is 1. The van der Waals surface area contributed by atoms with E-state index in [0.29, 0.717) is 18.2 Å². The van der Waals surface area contributed by atoms with E-state index in [1.54, 1.807) is 0 Å². The number of rotatable bonds is 6. The van der Waals surface area contributed by atoms with Crippen molar-refractivity contribution in [2.24, 2.45) is 7.05 Å². The first kappa shape index (κ1) is 14.5. The molecule has 0 aromatic carbocycles. The van der Waals surface area contributed by atoms with E-state index >= 15 is 0 Å². The molecule has 2 aromatic heterocycles. The number of amides is 1. The Labute approximate surface area is 119 Å². The van der Waals surface area contributed by atoms with Gasteiger partial charge in [0.25, 0.3) is 11.7 Å². The topological polar surface area (TPSA) is 111 Å². The van der Waals surface area contributed by atoms with Crippen LogP contribution in [0.3, 0.4) is 0 Å². The Morgan fingerprint density at radius 3 is 2.90 bits per heavy atom. The van der Waals surface area contributed by atoms with E-state index in [1.165, 1.54) is 18.8 Å². The van der Waals surface area contributed by atoms with Gasteiger partial charge >= 0.3 is 0 Å². The molecule has 0 bridgehead atoms. The molecule has 0 fully saturated rings. The average molecular weight is 297 g/mol. The lowest BCUT2D eigenvalue weighted by Gasteiger charge is -2.01. The fourth-order valence-corrected chi connectivity index (χ4v) is 2.19. The largest absolute Gasteiger partial charge is 0.352 e. The molecule has 0 aliphatic carbocycles. The summed E-state index contributed by atoms with van der Waals surface area (Å²) in [4.78, 5) is 15.3. The van der Waals surface area contributed by atoms with Crippen LogP contribution in [0.4, 0.5) is 0 Å². The van der Waals surface area contributed by atoms with Crippen LogP contribution in [0.15, 0.2) is 9.68 Å². The maximum Gasteiger partial charge on any atom is 0.292 e. The van der Waals surface area contributed by atoms with Crippen LogP contribution in [0.5, 0.6) is 0 Å². The lowest BCUT2D eigenvalue weighted by atomic mass is 10.6. The van der Waals surface area contributed by atoms with Crippen molar-refractivity contribution < 1.29 is 9.32 Å². The molecule has 2 rings (SSSR count). The zero-order valence-electron chi connectivity index (χ0n) is 11.4. The molecule has 20 heavy (non-hydrogen) atoms. The Hall–Kier alpha value is -1.94. The molecule has 0 saturated heterocycles. The smallest absolute Gasteiger partial charge is 0.292 e. The summed E-state index contributed by atoms with van der Waals surface area (Å²) in [5, 5.41) is 17.9. The third kappa shape index (κ3) is 3.14. The van der Waals surface area contributed by atoms with Gasteiger partial charge in [0.15, 0.2) is 5.16 Å². The number of hydrogen-bond donors (Lipinski definition) is 2. The molecule has 108 valence electrons. The standard InChI is InChI=1S/C10H15N7O2S/c1-11-4-6-14-15-10(17(6)3)20-5-7-13-8(16-19-7)9(18)12-2/h11H,4-5H2,1-3H3,(H,12,18). The molecule has 0 unspecified atom stereocenters. The molecule has 0 atom stereocenters. The fourth-order valence-electron chi connectivity index (χ4n) is 1.43. The first-order valence-corrected chi connectivity index (χ1v) is 6.84. The molecule has 0 aliphatic heterocycles. The van der Waals surface area contributed by atoms with Gasteiger partial charge in [0.1, 0.15) is 5.82 Å². The highest BCUT2D eigenvalue weighted by molar-refractivity contribution is 7.98. The van der Waals surface area contributed by atoms with Gasteiger partial charge in [0.05, 0.1) is 12.3 Å². The summed E-state index contributed by atoms with van der Waals surface area (Å²) < 4.78 is 6.88. The monoisotopic (exact) mass is 297 g/mol. The normalized spacial score (nSPS) is 10.8. The van der Waals surface area contributed by atoms with Gasteiger partial charge < -0.3 is 19.7 Å². The summed E-state index contributed by atoms with van der Waals surface area (Å²) in [5.74, 6) is 1.28. The number of aromatic nitrogens is 5. The van der Waals surface area contributed by atoms with Crippen LogP contribution < -0.4 is 10.6 Å². The van der Waals surface area contributed by atoms with Crippen LogP contribution in [0.1, 0.15) is 22.3 Å². The number of carbonyl (C=O) groups is 1. The summed E-state index contributed by atoms with van der Waals surface area (Å²) in [6.07, 6.45) is 0. The van der Waals surface area contributed by atoms with Crippen LogP contribution in [-0.4, -0.2) is 44.9 Å². The van der Waals surface area contributed by atoms with Crippen molar-refractivity contribution in [1.29, 1.82) is 0 Å². The van der Waals surface area contributed by atoms with Gasteiger partial charge in [-0.05, 0) is 7.05 Å². The average Bonchev–Trinajstić information content (AvgIpc) is 3.05. The Bertz CT molecular complexity index is 594. The van der Waals surface area contributed by atoms with Crippen molar-refractivity contribution in [1.82, 2.24) is 35.5 Å². The maximum absolute atomic E-state index is 11.3. The van der Waals surface area contributed by atoms with E-state index < -0.39 is 0 Å². The number of hydrogen-bond acceptors (Lipinski definition) is 8. The highest BCUT2D eigenvalue weighted by Gasteiger charge is 2.15. The second-order valence-electron chi connectivity index (χ2n) is 3.87. The van der Waals surface area contributed by atoms with Crippen molar-refractivity contribution in [3.63, 3.8) is 0 Å². The SMILES string of the molecule is CNCc1nnc(SCc2nc(C(=O)NC)no2)n1C. The van der Waals surface area contributed by atoms with E-state index in [1.807, 2.05) is 18.7 Å². The molecule has 0 saturated carbocycles. The van der Waals surface area contributed by atoms with E-state index in [9.17, 15) is 4.79 Å². The van der Waals surface area contributed by atoms with Crippen molar-refractivity contribution in [2.45, 2.75) is 17.5 Å². The van der Waals surface area contributed by atoms with Crippen molar-refractivity contribution >= 4 is 17.7 Å². The third-order valence-corrected chi connectivity index (χ3v) is 3.49. The summed E-state index contributed by atoms with van der Waals surface area (Å²) in [6, 6.07) is 0. The van der Waals surface area contributed by atoms with Crippen molar-refractivity contribution in [3.8, 4) is 0 Å². The summed E-state index contributed by atoms with van der Waals surface area (Å²) in [6.45, 7) is 0.644. The quantitative estimate of drug-likeness (QED) is 0.691. The highest BCUT2D eigenvalue weighted by atomic mass is 32.2. The Morgan fingerprint density at radius 2 is 2.20 bits per heavy atom. The molecule has 1 amide bonds. The molecule has 0 aliphatic rings. The molecule has 2 aromatic rings. The molecule has 10 heteroatoms. The lowest BCUT2D eigenvalue weighted by Crippen LogP contribution is -2.19. The van der Waals surface area contributed by atoms with Crippen LogP contribution in [-0.2, 0) is 19.3 Å². The first-order valence-electron chi connectivity index (χ1n) is 5.86. The molecule has 2 N–H and O–H groups in total. The zero-order chi connectivity index (χ0) is 14.5. The van der Waals surface area contributed by atoms with E-state index in [-0.39, 0.29) is 11.7 Å². The summed E-state index contributed by atoms with van der Waals surface area (Å²) in [5.41, 5.74) is 0. The molecular formula is C10H15N7O2S. The second-order valence-corrected chi connectivity index (χ2v) is 4.81. The zero-order valence-corrected chi connectivity index (χ0v) is 12.2. The Kier molecular flexibility index (Phi) is 4.69. The van der Waals surface area contributed by atoms with E-state index in [4.69, 9.17) is 4.52 Å². The summed E-state index contributed by atoms with van der Waals surface area (Å²) >= 11 is 1.41. The molecule has 9 nitrogen and oxygen atoms in total. The second kappa shape index (κ2) is 6.48. The van der Waals surface area contributed by atoms with Gasteiger partial charge in [-0.1, -0.05) is 16.9 Å². The van der Waals surface area contributed by atoms with Gasteiger partial charge in [-0.15, -0.1) is 10.2 Å². The Balaban J connectivity index is 1.98. The summed E-state index contributed by atoms with van der Waals surface area (Å²) in [7, 11) is 5.25. The molecule has 0 spiro atoms. The maximum atomic E-state index is 11.3. The van der Waals surface area contributed by atoms with Gasteiger partial charge in [0.2, 0.25) is 5.89 Å². The lowest BCUT2D eigenvalue weighted by molar-refractivity contribution is 0.0950. The minimum Gasteiger partial charge on any atom is -0.352 e. The highest BCUT2D eigenvalue weighted by Crippen LogP contribution is 2.20.